The Balaban J connectivity index is 1.76. The molecule has 3 rings (SSSR count). The van der Waals surface area contributed by atoms with Gasteiger partial charge in [0.2, 0.25) is 11.0 Å². The van der Waals surface area contributed by atoms with Gasteiger partial charge in [0.1, 0.15) is 0 Å². The van der Waals surface area contributed by atoms with Crippen LogP contribution in [-0.4, -0.2) is 36.8 Å². The number of carbonyl (C=O) groups is 1. The molecule has 0 atom stereocenters. The van der Waals surface area contributed by atoms with Crippen LogP contribution in [0.15, 0.2) is 27.4 Å². The van der Waals surface area contributed by atoms with Gasteiger partial charge in [0.25, 0.3) is 10.0 Å². The molecule has 0 spiro atoms. The van der Waals surface area contributed by atoms with Gasteiger partial charge < -0.3 is 4.90 Å². The molecule has 0 saturated carbocycles. The molecule has 1 N–H and O–H groups in total. The summed E-state index contributed by atoms with van der Waals surface area (Å²) in [7, 11) is -3.75. The molecule has 2 aromatic rings. The summed E-state index contributed by atoms with van der Waals surface area (Å²) in [5, 5.41) is 8.18. The number of anilines is 2. The SMILES string of the molecule is CC(=O)N1CCc2cc(S(=O)(=O)Nc3nnc(SCC(C)C)s3)ccc21. The van der Waals surface area contributed by atoms with Gasteiger partial charge in [-0.1, -0.05) is 36.9 Å². The van der Waals surface area contributed by atoms with Gasteiger partial charge in [-0.05, 0) is 36.1 Å². The van der Waals surface area contributed by atoms with Crippen LogP contribution in [0.5, 0.6) is 0 Å². The molecule has 1 aromatic heterocycles. The zero-order valence-corrected chi connectivity index (χ0v) is 17.2. The van der Waals surface area contributed by atoms with Crippen molar-refractivity contribution in [2.75, 3.05) is 21.9 Å². The highest BCUT2D eigenvalue weighted by Crippen LogP contribution is 2.32. The Kier molecular flexibility index (Phi) is 5.54. The molecule has 7 nitrogen and oxygen atoms in total. The quantitative estimate of drug-likeness (QED) is 0.733. The van der Waals surface area contributed by atoms with E-state index < -0.39 is 10.0 Å². The fourth-order valence-electron chi connectivity index (χ4n) is 2.59. The van der Waals surface area contributed by atoms with E-state index in [0.29, 0.717) is 18.9 Å². The number of nitrogens with zero attached hydrogens (tertiary/aromatic N) is 3. The lowest BCUT2D eigenvalue weighted by Gasteiger charge is -2.14. The third-order valence-electron chi connectivity index (χ3n) is 3.81. The van der Waals surface area contributed by atoms with Gasteiger partial charge in [-0.3, -0.25) is 9.52 Å². The summed E-state index contributed by atoms with van der Waals surface area (Å²) in [4.78, 5) is 13.4. The molecule has 10 heteroatoms. The van der Waals surface area contributed by atoms with E-state index in [-0.39, 0.29) is 15.9 Å². The van der Waals surface area contributed by atoms with Crippen molar-refractivity contribution in [2.45, 2.75) is 36.4 Å². The van der Waals surface area contributed by atoms with Crippen LogP contribution in [-0.2, 0) is 21.2 Å². The van der Waals surface area contributed by atoms with Crippen molar-refractivity contribution in [3.05, 3.63) is 23.8 Å². The molecule has 1 aliphatic heterocycles. The van der Waals surface area contributed by atoms with Crippen molar-refractivity contribution < 1.29 is 13.2 Å². The number of aromatic nitrogens is 2. The van der Waals surface area contributed by atoms with E-state index in [0.717, 1.165) is 21.3 Å². The molecule has 2 heterocycles. The summed E-state index contributed by atoms with van der Waals surface area (Å²) in [5.74, 6) is 1.38. The highest BCUT2D eigenvalue weighted by atomic mass is 32.2. The Morgan fingerprint density at radius 2 is 2.15 bits per heavy atom. The standard InChI is InChI=1S/C16H20N4O3S3/c1-10(2)9-24-16-18-17-15(25-16)19-26(22,23)13-4-5-14-12(8-13)6-7-20(14)11(3)21/h4-5,8,10H,6-7,9H2,1-3H3,(H,17,19). The van der Waals surface area contributed by atoms with E-state index >= 15 is 0 Å². The molecule has 0 bridgehead atoms. The van der Waals surface area contributed by atoms with Crippen molar-refractivity contribution in [2.24, 2.45) is 5.92 Å². The van der Waals surface area contributed by atoms with Crippen molar-refractivity contribution in [3.8, 4) is 0 Å². The Morgan fingerprint density at radius 3 is 2.85 bits per heavy atom. The fraction of sp³-hybridized carbons (Fsp3) is 0.438. The highest BCUT2D eigenvalue weighted by molar-refractivity contribution is 8.01. The Hall–Kier alpha value is -1.65. The third kappa shape index (κ3) is 4.18. The van der Waals surface area contributed by atoms with Gasteiger partial charge in [0.15, 0.2) is 4.34 Å². The molecular weight excluding hydrogens is 392 g/mol. The largest absolute Gasteiger partial charge is 0.312 e. The molecule has 0 fully saturated rings. The zero-order valence-electron chi connectivity index (χ0n) is 14.7. The van der Waals surface area contributed by atoms with Crippen LogP contribution in [0.3, 0.4) is 0 Å². The number of thioether (sulfide) groups is 1. The molecule has 140 valence electrons. The lowest BCUT2D eigenvalue weighted by Crippen LogP contribution is -2.25. The van der Waals surface area contributed by atoms with Crippen LogP contribution in [0.1, 0.15) is 26.3 Å². The first-order chi connectivity index (χ1) is 12.3. The monoisotopic (exact) mass is 412 g/mol. The topological polar surface area (TPSA) is 92.3 Å². The predicted molar refractivity (Wildman–Crippen MR) is 104 cm³/mol. The second kappa shape index (κ2) is 7.53. The molecule has 1 amide bonds. The molecule has 1 aliphatic rings. The van der Waals surface area contributed by atoms with Gasteiger partial charge in [-0.25, -0.2) is 8.42 Å². The summed E-state index contributed by atoms with van der Waals surface area (Å²) < 4.78 is 28.5. The lowest BCUT2D eigenvalue weighted by molar-refractivity contribution is -0.116. The van der Waals surface area contributed by atoms with Gasteiger partial charge in [-0.2, -0.15) is 0 Å². The minimum atomic E-state index is -3.75. The Bertz CT molecular complexity index is 925. The first-order valence-corrected chi connectivity index (χ1v) is 11.4. The molecule has 0 aliphatic carbocycles. The average molecular weight is 413 g/mol. The number of amides is 1. The van der Waals surface area contributed by atoms with Gasteiger partial charge in [0.05, 0.1) is 4.90 Å². The highest BCUT2D eigenvalue weighted by Gasteiger charge is 2.25. The van der Waals surface area contributed by atoms with E-state index in [1.807, 2.05) is 0 Å². The van der Waals surface area contributed by atoms with Crippen molar-refractivity contribution in [1.82, 2.24) is 10.2 Å². The van der Waals surface area contributed by atoms with E-state index in [2.05, 4.69) is 28.8 Å². The summed E-state index contributed by atoms with van der Waals surface area (Å²) in [6.45, 7) is 6.30. The van der Waals surface area contributed by atoms with Crippen LogP contribution in [0.2, 0.25) is 0 Å². The maximum absolute atomic E-state index is 12.6. The van der Waals surface area contributed by atoms with Crippen LogP contribution in [0.4, 0.5) is 10.8 Å². The third-order valence-corrected chi connectivity index (χ3v) is 7.67. The molecule has 0 saturated heterocycles. The van der Waals surface area contributed by atoms with Crippen LogP contribution in [0, 0.1) is 5.92 Å². The molecule has 0 radical (unpaired) electrons. The molecule has 26 heavy (non-hydrogen) atoms. The number of benzene rings is 1. The van der Waals surface area contributed by atoms with Gasteiger partial charge in [0, 0.05) is 24.9 Å². The summed E-state index contributed by atoms with van der Waals surface area (Å²) in [6.07, 6.45) is 0.646. The first-order valence-electron chi connectivity index (χ1n) is 8.16. The predicted octanol–water partition coefficient (Wildman–Crippen LogP) is 3.00. The van der Waals surface area contributed by atoms with E-state index in [4.69, 9.17) is 0 Å². The minimum Gasteiger partial charge on any atom is -0.312 e. The van der Waals surface area contributed by atoms with Crippen LogP contribution in [0.25, 0.3) is 0 Å². The number of carbonyl (C=O) groups excluding carboxylic acids is 1. The zero-order chi connectivity index (χ0) is 18.9. The smallest absolute Gasteiger partial charge is 0.263 e. The van der Waals surface area contributed by atoms with E-state index in [9.17, 15) is 13.2 Å². The van der Waals surface area contributed by atoms with Crippen molar-refractivity contribution in [1.29, 1.82) is 0 Å². The lowest BCUT2D eigenvalue weighted by atomic mass is 10.2. The number of fused-ring (bicyclic) bond motifs is 1. The second-order valence-corrected chi connectivity index (χ2v) is 10.3. The second-order valence-electron chi connectivity index (χ2n) is 6.39. The maximum atomic E-state index is 12.6. The number of nitrogens with one attached hydrogen (secondary N) is 1. The normalized spacial score (nSPS) is 13.9. The molecular formula is C16H20N4O3S3. The summed E-state index contributed by atoms with van der Waals surface area (Å²) in [5.41, 5.74) is 1.63. The van der Waals surface area contributed by atoms with Crippen LogP contribution < -0.4 is 9.62 Å². The first kappa shape index (κ1) is 19.1. The maximum Gasteiger partial charge on any atom is 0.263 e. The Morgan fingerprint density at radius 1 is 1.38 bits per heavy atom. The van der Waals surface area contributed by atoms with Gasteiger partial charge in [-0.15, -0.1) is 10.2 Å². The number of rotatable bonds is 6. The van der Waals surface area contributed by atoms with E-state index in [1.54, 1.807) is 28.8 Å². The van der Waals surface area contributed by atoms with Crippen molar-refractivity contribution in [3.63, 3.8) is 0 Å². The summed E-state index contributed by atoms with van der Waals surface area (Å²) in [6, 6.07) is 4.82. The average Bonchev–Trinajstić information content (AvgIpc) is 3.18. The molecule has 0 unspecified atom stereocenters. The fourth-order valence-corrected chi connectivity index (χ4v) is 5.60. The van der Waals surface area contributed by atoms with E-state index in [1.165, 1.54) is 24.3 Å². The number of sulfonamides is 1. The Labute approximate surface area is 161 Å². The molecule has 1 aromatic carbocycles. The number of hydrogen-bond acceptors (Lipinski definition) is 7. The van der Waals surface area contributed by atoms with Gasteiger partial charge >= 0.3 is 0 Å². The number of hydrogen-bond donors (Lipinski definition) is 1. The summed E-state index contributed by atoms with van der Waals surface area (Å²) >= 11 is 2.79. The minimum absolute atomic E-state index is 0.0437. The van der Waals surface area contributed by atoms with Crippen molar-refractivity contribution >= 4 is 49.8 Å². The van der Waals surface area contributed by atoms with Crippen LogP contribution >= 0.6 is 23.1 Å².